The second-order valence-corrected chi connectivity index (χ2v) is 5.96. The third kappa shape index (κ3) is 3.57. The molecule has 0 atom stereocenters. The van der Waals surface area contributed by atoms with E-state index < -0.39 is 0 Å². The molecule has 0 spiro atoms. The maximum Gasteiger partial charge on any atom is 0.161 e. The molecule has 1 fully saturated rings. The molecule has 19 heavy (non-hydrogen) atoms. The lowest BCUT2D eigenvalue weighted by atomic mass is 10.1. The van der Waals surface area contributed by atoms with E-state index in [2.05, 4.69) is 38.7 Å². The molecule has 0 radical (unpaired) electrons. The van der Waals surface area contributed by atoms with Crippen molar-refractivity contribution >= 4 is 27.4 Å². The molecule has 104 valence electrons. The number of hydrogen-bond acceptors (Lipinski definition) is 3. The molecule has 0 aromatic heterocycles. The lowest BCUT2D eigenvalue weighted by Crippen LogP contribution is -2.46. The molecule has 1 aliphatic heterocycles. The number of anilines is 1. The summed E-state index contributed by atoms with van der Waals surface area (Å²) in [6, 6.07) is 5.99. The number of piperazine rings is 1. The quantitative estimate of drug-likeness (QED) is 0.795. The number of rotatable bonds is 4. The van der Waals surface area contributed by atoms with Crippen LogP contribution in [-0.2, 0) is 0 Å². The van der Waals surface area contributed by atoms with Gasteiger partial charge >= 0.3 is 0 Å². The number of ketones is 1. The molecule has 1 saturated heterocycles. The van der Waals surface area contributed by atoms with Crippen LogP contribution in [0.1, 0.15) is 30.6 Å². The lowest BCUT2D eigenvalue weighted by molar-refractivity contribution is 0.101. The summed E-state index contributed by atoms with van der Waals surface area (Å²) < 4.78 is 0.964. The standard InChI is InChI=1S/C15H21BrN2O/c1-3-6-17-7-9-18(10-8-17)15-5-4-13(16)11-14(15)12(2)19/h4-5,11H,3,6-10H2,1-2H3. The number of Topliss-reactive ketones (excluding diaryl/α,β-unsaturated/α-hetero) is 1. The van der Waals surface area contributed by atoms with Crippen molar-refractivity contribution in [3.8, 4) is 0 Å². The molecule has 0 N–H and O–H groups in total. The van der Waals surface area contributed by atoms with Gasteiger partial charge in [-0.05, 0) is 38.1 Å². The molecule has 1 aromatic rings. The molecular weight excluding hydrogens is 304 g/mol. The van der Waals surface area contributed by atoms with Crippen molar-refractivity contribution in [2.45, 2.75) is 20.3 Å². The fourth-order valence-corrected chi connectivity index (χ4v) is 2.96. The topological polar surface area (TPSA) is 23.6 Å². The van der Waals surface area contributed by atoms with Gasteiger partial charge in [0, 0.05) is 41.9 Å². The van der Waals surface area contributed by atoms with Crippen molar-refractivity contribution in [3.63, 3.8) is 0 Å². The van der Waals surface area contributed by atoms with E-state index in [9.17, 15) is 4.79 Å². The van der Waals surface area contributed by atoms with Gasteiger partial charge in [0.1, 0.15) is 0 Å². The van der Waals surface area contributed by atoms with Gasteiger partial charge in [-0.2, -0.15) is 0 Å². The Bertz CT molecular complexity index is 453. The minimum atomic E-state index is 0.132. The smallest absolute Gasteiger partial charge is 0.161 e. The van der Waals surface area contributed by atoms with Gasteiger partial charge in [0.2, 0.25) is 0 Å². The third-order valence-corrected chi connectivity index (χ3v) is 4.08. The van der Waals surface area contributed by atoms with Crippen molar-refractivity contribution in [2.24, 2.45) is 0 Å². The van der Waals surface area contributed by atoms with Crippen LogP contribution in [0.25, 0.3) is 0 Å². The van der Waals surface area contributed by atoms with Crippen LogP contribution in [0.4, 0.5) is 5.69 Å². The fourth-order valence-electron chi connectivity index (χ4n) is 2.59. The van der Waals surface area contributed by atoms with Crippen LogP contribution in [0.3, 0.4) is 0 Å². The van der Waals surface area contributed by atoms with Gasteiger partial charge in [0.15, 0.2) is 5.78 Å². The van der Waals surface area contributed by atoms with Crippen LogP contribution in [0, 0.1) is 0 Å². The highest BCUT2D eigenvalue weighted by Crippen LogP contribution is 2.26. The molecule has 1 aromatic carbocycles. The maximum atomic E-state index is 11.8. The molecular formula is C15H21BrN2O. The van der Waals surface area contributed by atoms with E-state index >= 15 is 0 Å². The Morgan fingerprint density at radius 2 is 1.95 bits per heavy atom. The van der Waals surface area contributed by atoms with E-state index in [1.165, 1.54) is 13.0 Å². The van der Waals surface area contributed by atoms with Crippen LogP contribution >= 0.6 is 15.9 Å². The summed E-state index contributed by atoms with van der Waals surface area (Å²) in [7, 11) is 0. The van der Waals surface area contributed by atoms with Crippen LogP contribution < -0.4 is 4.90 Å². The van der Waals surface area contributed by atoms with Gasteiger partial charge in [-0.3, -0.25) is 9.69 Å². The van der Waals surface area contributed by atoms with Gasteiger partial charge in [0.25, 0.3) is 0 Å². The SMILES string of the molecule is CCCN1CCN(c2ccc(Br)cc2C(C)=O)CC1. The van der Waals surface area contributed by atoms with E-state index in [1.807, 2.05) is 12.1 Å². The largest absolute Gasteiger partial charge is 0.368 e. The van der Waals surface area contributed by atoms with Crippen molar-refractivity contribution in [3.05, 3.63) is 28.2 Å². The Labute approximate surface area is 123 Å². The first-order chi connectivity index (χ1) is 9.11. The summed E-state index contributed by atoms with van der Waals surface area (Å²) in [6.45, 7) is 9.20. The van der Waals surface area contributed by atoms with Gasteiger partial charge in [-0.25, -0.2) is 0 Å². The number of hydrogen-bond donors (Lipinski definition) is 0. The predicted molar refractivity (Wildman–Crippen MR) is 83.1 cm³/mol. The average Bonchev–Trinajstić information content (AvgIpc) is 2.40. The highest BCUT2D eigenvalue weighted by Gasteiger charge is 2.20. The first kappa shape index (κ1) is 14.5. The van der Waals surface area contributed by atoms with Gasteiger partial charge in [0.05, 0.1) is 0 Å². The van der Waals surface area contributed by atoms with E-state index in [0.717, 1.165) is 41.9 Å². The minimum absolute atomic E-state index is 0.132. The summed E-state index contributed by atoms with van der Waals surface area (Å²) >= 11 is 3.44. The number of nitrogens with zero attached hydrogens (tertiary/aromatic N) is 2. The van der Waals surface area contributed by atoms with Crippen molar-refractivity contribution in [1.29, 1.82) is 0 Å². The number of carbonyl (C=O) groups is 1. The van der Waals surface area contributed by atoms with Crippen molar-refractivity contribution < 1.29 is 4.79 Å². The minimum Gasteiger partial charge on any atom is -0.368 e. The van der Waals surface area contributed by atoms with Gasteiger partial charge < -0.3 is 4.90 Å². The molecule has 0 bridgehead atoms. The lowest BCUT2D eigenvalue weighted by Gasteiger charge is -2.36. The molecule has 1 aliphatic rings. The zero-order valence-electron chi connectivity index (χ0n) is 11.7. The summed E-state index contributed by atoms with van der Waals surface area (Å²) in [6.07, 6.45) is 1.21. The maximum absolute atomic E-state index is 11.8. The fraction of sp³-hybridized carbons (Fsp3) is 0.533. The predicted octanol–water partition coefficient (Wildman–Crippen LogP) is 3.18. The summed E-state index contributed by atoms with van der Waals surface area (Å²) in [5.41, 5.74) is 1.89. The molecule has 0 saturated carbocycles. The zero-order chi connectivity index (χ0) is 13.8. The Morgan fingerprint density at radius 3 is 2.53 bits per heavy atom. The summed E-state index contributed by atoms with van der Waals surface area (Å²) in [4.78, 5) is 16.6. The normalized spacial score (nSPS) is 16.7. The van der Waals surface area contributed by atoms with Crippen LogP contribution in [0.2, 0.25) is 0 Å². The first-order valence-electron chi connectivity index (χ1n) is 6.89. The van der Waals surface area contributed by atoms with Gasteiger partial charge in [-0.1, -0.05) is 22.9 Å². The van der Waals surface area contributed by atoms with Crippen molar-refractivity contribution in [2.75, 3.05) is 37.6 Å². The Hall–Kier alpha value is -0.870. The van der Waals surface area contributed by atoms with E-state index in [0.29, 0.717) is 0 Å². The number of benzene rings is 1. The molecule has 0 amide bonds. The monoisotopic (exact) mass is 324 g/mol. The number of carbonyl (C=O) groups excluding carboxylic acids is 1. The second kappa shape index (κ2) is 6.53. The number of halogens is 1. The third-order valence-electron chi connectivity index (χ3n) is 3.59. The van der Waals surface area contributed by atoms with Crippen molar-refractivity contribution in [1.82, 2.24) is 4.90 Å². The summed E-state index contributed by atoms with van der Waals surface area (Å²) in [5.74, 6) is 0.132. The molecule has 0 aliphatic carbocycles. The van der Waals surface area contributed by atoms with Crippen LogP contribution in [0.5, 0.6) is 0 Å². The molecule has 1 heterocycles. The Kier molecular flexibility index (Phi) is 4.99. The van der Waals surface area contributed by atoms with E-state index in [-0.39, 0.29) is 5.78 Å². The summed E-state index contributed by atoms with van der Waals surface area (Å²) in [5, 5.41) is 0. The second-order valence-electron chi connectivity index (χ2n) is 5.05. The van der Waals surface area contributed by atoms with Gasteiger partial charge in [-0.15, -0.1) is 0 Å². The molecule has 2 rings (SSSR count). The Balaban J connectivity index is 2.13. The van der Waals surface area contributed by atoms with Crippen LogP contribution in [0.15, 0.2) is 22.7 Å². The molecule has 0 unspecified atom stereocenters. The van der Waals surface area contributed by atoms with E-state index in [4.69, 9.17) is 0 Å². The van der Waals surface area contributed by atoms with Crippen LogP contribution in [-0.4, -0.2) is 43.4 Å². The Morgan fingerprint density at radius 1 is 1.26 bits per heavy atom. The average molecular weight is 325 g/mol. The molecule has 3 nitrogen and oxygen atoms in total. The highest BCUT2D eigenvalue weighted by molar-refractivity contribution is 9.10. The molecule has 4 heteroatoms. The highest BCUT2D eigenvalue weighted by atomic mass is 79.9. The van der Waals surface area contributed by atoms with E-state index in [1.54, 1.807) is 6.92 Å². The first-order valence-corrected chi connectivity index (χ1v) is 7.69. The zero-order valence-corrected chi connectivity index (χ0v) is 13.2.